The van der Waals surface area contributed by atoms with Gasteiger partial charge in [0.25, 0.3) is 0 Å². The maximum Gasteiger partial charge on any atom is 0.220 e. The minimum Gasteiger partial charge on any atom is -0.394 e. The molecule has 0 saturated carbocycles. The second-order valence-corrected chi connectivity index (χ2v) is 8.13. The van der Waals surface area contributed by atoms with Crippen molar-refractivity contribution in [3.63, 3.8) is 0 Å². The highest BCUT2D eigenvalue weighted by molar-refractivity contribution is 5.76. The molecular weight excluding hydrogens is 346 g/mol. The molecule has 0 aromatic heterocycles. The van der Waals surface area contributed by atoms with Gasteiger partial charge in [0.05, 0.1) is 12.6 Å². The number of aliphatic hydroxyl groups excluding tert-OH is 1. The molecular formula is C25H43NO2. The van der Waals surface area contributed by atoms with Gasteiger partial charge in [-0.15, -0.1) is 0 Å². The third-order valence-corrected chi connectivity index (χ3v) is 5.42. The first-order valence-corrected chi connectivity index (χ1v) is 11.7. The maximum atomic E-state index is 12.1. The van der Waals surface area contributed by atoms with Gasteiger partial charge in [-0.3, -0.25) is 4.79 Å². The monoisotopic (exact) mass is 389 g/mol. The van der Waals surface area contributed by atoms with Crippen LogP contribution in [0.15, 0.2) is 30.3 Å². The Kier molecular flexibility index (Phi) is 15.6. The van der Waals surface area contributed by atoms with Crippen molar-refractivity contribution in [2.45, 2.75) is 109 Å². The average Bonchev–Trinajstić information content (AvgIpc) is 2.71. The van der Waals surface area contributed by atoms with Crippen LogP contribution in [0.3, 0.4) is 0 Å². The molecule has 0 radical (unpaired) electrons. The summed E-state index contributed by atoms with van der Waals surface area (Å²) in [4.78, 5) is 12.1. The number of aliphatic hydroxyl groups is 1. The van der Waals surface area contributed by atoms with Crippen LogP contribution < -0.4 is 5.32 Å². The molecule has 0 aliphatic rings. The number of benzene rings is 1. The zero-order valence-electron chi connectivity index (χ0n) is 18.1. The second kappa shape index (κ2) is 17.7. The lowest BCUT2D eigenvalue weighted by molar-refractivity contribution is -0.122. The quantitative estimate of drug-likeness (QED) is 0.294. The predicted molar refractivity (Wildman–Crippen MR) is 119 cm³/mol. The van der Waals surface area contributed by atoms with Gasteiger partial charge in [-0.2, -0.15) is 0 Å². The number of hydrogen-bond donors (Lipinski definition) is 2. The highest BCUT2D eigenvalue weighted by Crippen LogP contribution is 2.13. The SMILES string of the molecule is CCCCCCCCCCCCCCCC(=O)NC(CO)Cc1ccccc1. The predicted octanol–water partition coefficient (Wildman–Crippen LogP) is 6.19. The van der Waals surface area contributed by atoms with Crippen LogP contribution in [-0.4, -0.2) is 23.7 Å². The lowest BCUT2D eigenvalue weighted by atomic mass is 10.0. The van der Waals surface area contributed by atoms with Crippen LogP contribution in [0.2, 0.25) is 0 Å². The molecule has 1 aromatic carbocycles. The molecule has 0 aliphatic heterocycles. The van der Waals surface area contributed by atoms with Crippen LogP contribution in [0, 0.1) is 0 Å². The smallest absolute Gasteiger partial charge is 0.220 e. The Morgan fingerprint density at radius 1 is 0.821 bits per heavy atom. The van der Waals surface area contributed by atoms with Crippen molar-refractivity contribution in [3.8, 4) is 0 Å². The first-order valence-electron chi connectivity index (χ1n) is 11.7. The molecule has 1 amide bonds. The number of rotatable bonds is 18. The van der Waals surface area contributed by atoms with Gasteiger partial charge in [0, 0.05) is 6.42 Å². The minimum atomic E-state index is -0.183. The standard InChI is InChI=1S/C25H43NO2/c1-2-3-4-5-6-7-8-9-10-11-12-13-17-20-25(28)26-24(22-27)21-23-18-15-14-16-19-23/h14-16,18-19,24,27H,2-13,17,20-22H2,1H3,(H,26,28). The molecule has 28 heavy (non-hydrogen) atoms. The molecule has 1 rings (SSSR count). The van der Waals surface area contributed by atoms with Crippen LogP contribution in [-0.2, 0) is 11.2 Å². The zero-order valence-corrected chi connectivity index (χ0v) is 18.1. The highest BCUT2D eigenvalue weighted by Gasteiger charge is 2.11. The van der Waals surface area contributed by atoms with E-state index in [0.29, 0.717) is 12.8 Å². The maximum absolute atomic E-state index is 12.1. The van der Waals surface area contributed by atoms with Crippen LogP contribution in [0.4, 0.5) is 0 Å². The van der Waals surface area contributed by atoms with Gasteiger partial charge in [-0.05, 0) is 18.4 Å². The Bertz CT molecular complexity index is 475. The summed E-state index contributed by atoms with van der Waals surface area (Å²) < 4.78 is 0. The third kappa shape index (κ3) is 13.8. The van der Waals surface area contributed by atoms with Crippen molar-refractivity contribution >= 4 is 5.91 Å². The van der Waals surface area contributed by atoms with E-state index in [9.17, 15) is 9.90 Å². The van der Waals surface area contributed by atoms with Crippen LogP contribution in [0.25, 0.3) is 0 Å². The third-order valence-electron chi connectivity index (χ3n) is 5.42. The van der Waals surface area contributed by atoms with Crippen molar-refractivity contribution in [3.05, 3.63) is 35.9 Å². The van der Waals surface area contributed by atoms with Crippen LogP contribution >= 0.6 is 0 Å². The number of amides is 1. The molecule has 160 valence electrons. The van der Waals surface area contributed by atoms with E-state index < -0.39 is 0 Å². The normalized spacial score (nSPS) is 12.1. The minimum absolute atomic E-state index is 0.0146. The Morgan fingerprint density at radius 2 is 1.32 bits per heavy atom. The molecule has 0 heterocycles. The fraction of sp³-hybridized carbons (Fsp3) is 0.720. The Balaban J connectivity index is 1.93. The first kappa shape index (κ1) is 24.7. The van der Waals surface area contributed by atoms with Crippen molar-refractivity contribution in [2.24, 2.45) is 0 Å². The topological polar surface area (TPSA) is 49.3 Å². The van der Waals surface area contributed by atoms with E-state index in [1.807, 2.05) is 30.3 Å². The number of nitrogens with one attached hydrogen (secondary N) is 1. The van der Waals surface area contributed by atoms with Gasteiger partial charge in [-0.1, -0.05) is 114 Å². The van der Waals surface area contributed by atoms with Gasteiger partial charge in [0.15, 0.2) is 0 Å². The Labute approximate surface area is 173 Å². The molecule has 0 spiro atoms. The van der Waals surface area contributed by atoms with E-state index in [1.165, 1.54) is 70.6 Å². The van der Waals surface area contributed by atoms with Crippen molar-refractivity contribution < 1.29 is 9.90 Å². The fourth-order valence-corrected chi connectivity index (χ4v) is 3.66. The summed E-state index contributed by atoms with van der Waals surface area (Å²) in [6, 6.07) is 9.82. The van der Waals surface area contributed by atoms with E-state index in [0.717, 1.165) is 18.4 Å². The van der Waals surface area contributed by atoms with E-state index >= 15 is 0 Å². The van der Waals surface area contributed by atoms with Crippen molar-refractivity contribution in [2.75, 3.05) is 6.61 Å². The van der Waals surface area contributed by atoms with Gasteiger partial charge >= 0.3 is 0 Å². The lowest BCUT2D eigenvalue weighted by Gasteiger charge is -2.16. The van der Waals surface area contributed by atoms with Crippen molar-refractivity contribution in [1.82, 2.24) is 5.32 Å². The number of hydrogen-bond acceptors (Lipinski definition) is 2. The summed E-state index contributed by atoms with van der Waals surface area (Å²) in [6.07, 6.45) is 18.3. The van der Waals surface area contributed by atoms with Gasteiger partial charge < -0.3 is 10.4 Å². The second-order valence-electron chi connectivity index (χ2n) is 8.13. The highest BCUT2D eigenvalue weighted by atomic mass is 16.3. The van der Waals surface area contributed by atoms with Gasteiger partial charge in [0.2, 0.25) is 5.91 Å². The van der Waals surface area contributed by atoms with Gasteiger partial charge in [0.1, 0.15) is 0 Å². The molecule has 0 bridgehead atoms. The molecule has 0 fully saturated rings. The van der Waals surface area contributed by atoms with E-state index in [1.54, 1.807) is 0 Å². The summed E-state index contributed by atoms with van der Waals surface area (Å²) in [5.74, 6) is 0.0676. The zero-order chi connectivity index (χ0) is 20.3. The fourth-order valence-electron chi connectivity index (χ4n) is 3.66. The average molecular weight is 390 g/mol. The molecule has 0 aliphatic carbocycles. The molecule has 0 saturated heterocycles. The van der Waals surface area contributed by atoms with Crippen LogP contribution in [0.1, 0.15) is 102 Å². The molecule has 1 aromatic rings. The van der Waals surface area contributed by atoms with Crippen molar-refractivity contribution in [1.29, 1.82) is 0 Å². The Hall–Kier alpha value is -1.35. The number of carbonyl (C=O) groups is 1. The summed E-state index contributed by atoms with van der Waals surface area (Å²) in [5.41, 5.74) is 1.14. The Morgan fingerprint density at radius 3 is 1.82 bits per heavy atom. The first-order chi connectivity index (χ1) is 13.8. The summed E-state index contributed by atoms with van der Waals surface area (Å²) in [7, 11) is 0. The van der Waals surface area contributed by atoms with E-state index in [2.05, 4.69) is 12.2 Å². The van der Waals surface area contributed by atoms with Gasteiger partial charge in [-0.25, -0.2) is 0 Å². The number of carbonyl (C=O) groups excluding carboxylic acids is 1. The molecule has 3 heteroatoms. The number of unbranched alkanes of at least 4 members (excludes halogenated alkanes) is 12. The van der Waals surface area contributed by atoms with E-state index in [-0.39, 0.29) is 18.6 Å². The van der Waals surface area contributed by atoms with Crippen LogP contribution in [0.5, 0.6) is 0 Å². The molecule has 3 nitrogen and oxygen atoms in total. The summed E-state index contributed by atoms with van der Waals surface area (Å²) in [6.45, 7) is 2.25. The molecule has 1 atom stereocenters. The largest absolute Gasteiger partial charge is 0.394 e. The molecule has 2 N–H and O–H groups in total. The summed E-state index contributed by atoms with van der Waals surface area (Å²) >= 11 is 0. The molecule has 1 unspecified atom stereocenters. The summed E-state index contributed by atoms with van der Waals surface area (Å²) in [5, 5.41) is 12.5. The lowest BCUT2D eigenvalue weighted by Crippen LogP contribution is -2.38. The van der Waals surface area contributed by atoms with E-state index in [4.69, 9.17) is 0 Å².